The summed E-state index contributed by atoms with van der Waals surface area (Å²) in [6.45, 7) is 1.67. The molecule has 2 aromatic carbocycles. The van der Waals surface area contributed by atoms with Gasteiger partial charge in [-0.1, -0.05) is 30.3 Å². The van der Waals surface area contributed by atoms with Gasteiger partial charge < -0.3 is 9.72 Å². The van der Waals surface area contributed by atoms with Crippen LogP contribution in [0.15, 0.2) is 48.5 Å². The van der Waals surface area contributed by atoms with Gasteiger partial charge in [0, 0.05) is 18.8 Å². The molecule has 24 heavy (non-hydrogen) atoms. The van der Waals surface area contributed by atoms with Gasteiger partial charge in [0.25, 0.3) is 0 Å². The lowest BCUT2D eigenvalue weighted by Gasteiger charge is -2.18. The van der Waals surface area contributed by atoms with Gasteiger partial charge in [0.1, 0.15) is 11.6 Å². The van der Waals surface area contributed by atoms with Crippen molar-refractivity contribution in [2.45, 2.75) is 12.8 Å². The van der Waals surface area contributed by atoms with E-state index in [9.17, 15) is 4.39 Å². The predicted molar refractivity (Wildman–Crippen MR) is 94.1 cm³/mol. The number of benzene rings is 2. The first kappa shape index (κ1) is 15.1. The van der Waals surface area contributed by atoms with Crippen LogP contribution < -0.4 is 0 Å². The summed E-state index contributed by atoms with van der Waals surface area (Å²) < 4.78 is 19.3. The Hall–Kier alpha value is -2.46. The zero-order valence-corrected chi connectivity index (χ0v) is 13.3. The summed E-state index contributed by atoms with van der Waals surface area (Å²) in [7, 11) is 0. The summed E-state index contributed by atoms with van der Waals surface area (Å²) >= 11 is 0. The van der Waals surface area contributed by atoms with Gasteiger partial charge in [-0.15, -0.1) is 0 Å². The number of aromatic nitrogens is 2. The van der Waals surface area contributed by atoms with Gasteiger partial charge in [-0.25, -0.2) is 9.37 Å². The van der Waals surface area contributed by atoms with Crippen molar-refractivity contribution in [1.29, 1.82) is 0 Å². The van der Waals surface area contributed by atoms with Crippen LogP contribution in [-0.2, 0) is 4.74 Å². The molecule has 0 amide bonds. The highest BCUT2D eigenvalue weighted by molar-refractivity contribution is 5.83. The van der Waals surface area contributed by atoms with E-state index < -0.39 is 0 Å². The summed E-state index contributed by atoms with van der Waals surface area (Å²) in [6, 6.07) is 12.6. The molecule has 4 heteroatoms. The molecular weight excluding hydrogens is 303 g/mol. The van der Waals surface area contributed by atoms with Crippen LogP contribution in [0.2, 0.25) is 0 Å². The lowest BCUT2D eigenvalue weighted by Crippen LogP contribution is -2.13. The minimum absolute atomic E-state index is 0.212. The zero-order valence-electron chi connectivity index (χ0n) is 13.3. The number of rotatable bonds is 3. The number of aromatic amines is 1. The molecule has 0 saturated carbocycles. The maximum Gasteiger partial charge on any atom is 0.131 e. The maximum absolute atomic E-state index is 14.0. The van der Waals surface area contributed by atoms with E-state index in [1.54, 1.807) is 12.1 Å². The molecule has 3 aromatic rings. The third-order valence-electron chi connectivity index (χ3n) is 4.48. The van der Waals surface area contributed by atoms with Crippen LogP contribution in [0, 0.1) is 11.7 Å². The minimum Gasteiger partial charge on any atom is -0.381 e. The van der Waals surface area contributed by atoms with Crippen molar-refractivity contribution in [3.05, 3.63) is 60.2 Å². The molecule has 3 nitrogen and oxygen atoms in total. The van der Waals surface area contributed by atoms with Gasteiger partial charge >= 0.3 is 0 Å². The van der Waals surface area contributed by atoms with E-state index in [4.69, 9.17) is 4.74 Å². The molecule has 1 aromatic heterocycles. The Morgan fingerprint density at radius 1 is 1.12 bits per heavy atom. The summed E-state index contributed by atoms with van der Waals surface area (Å²) in [5.74, 6) is 1.18. The molecule has 0 unspecified atom stereocenters. The molecule has 1 aliphatic heterocycles. The van der Waals surface area contributed by atoms with Gasteiger partial charge in [0.15, 0.2) is 0 Å². The van der Waals surface area contributed by atoms with Crippen LogP contribution in [0.5, 0.6) is 0 Å². The number of hydrogen-bond donors (Lipinski definition) is 1. The molecule has 1 aliphatic rings. The van der Waals surface area contributed by atoms with E-state index >= 15 is 0 Å². The first-order chi connectivity index (χ1) is 11.8. The van der Waals surface area contributed by atoms with Crippen molar-refractivity contribution in [3.63, 3.8) is 0 Å². The highest BCUT2D eigenvalue weighted by atomic mass is 19.1. The zero-order chi connectivity index (χ0) is 16.4. The van der Waals surface area contributed by atoms with Gasteiger partial charge in [0.05, 0.1) is 11.0 Å². The molecule has 0 atom stereocenters. The van der Waals surface area contributed by atoms with Crippen LogP contribution in [-0.4, -0.2) is 23.2 Å². The normalized spacial score (nSPS) is 16.2. The predicted octanol–water partition coefficient (Wildman–Crippen LogP) is 4.81. The Kier molecular flexibility index (Phi) is 4.13. The molecule has 4 rings (SSSR count). The molecule has 0 bridgehead atoms. The van der Waals surface area contributed by atoms with Crippen molar-refractivity contribution >= 4 is 17.1 Å². The van der Waals surface area contributed by atoms with Crippen LogP contribution in [0.25, 0.3) is 28.2 Å². The fourth-order valence-corrected chi connectivity index (χ4v) is 3.11. The maximum atomic E-state index is 14.0. The molecule has 122 valence electrons. The Morgan fingerprint density at radius 3 is 2.79 bits per heavy atom. The molecule has 1 fully saturated rings. The van der Waals surface area contributed by atoms with E-state index in [2.05, 4.69) is 16.0 Å². The minimum atomic E-state index is -0.212. The number of halogens is 1. The number of fused-ring (bicyclic) bond motifs is 1. The van der Waals surface area contributed by atoms with Crippen LogP contribution in [0.1, 0.15) is 18.7 Å². The SMILES string of the molecule is Fc1ccccc1-c1ccc2nc(/C=C/C3CCOCC3)[nH]c2c1. The summed E-state index contributed by atoms with van der Waals surface area (Å²) in [4.78, 5) is 7.90. The van der Waals surface area contributed by atoms with Crippen LogP contribution >= 0.6 is 0 Å². The largest absolute Gasteiger partial charge is 0.381 e. The molecule has 0 radical (unpaired) electrons. The number of nitrogens with one attached hydrogen (secondary N) is 1. The Labute approximate surface area is 140 Å². The summed E-state index contributed by atoms with van der Waals surface area (Å²) in [5, 5.41) is 0. The van der Waals surface area contributed by atoms with Gasteiger partial charge in [-0.3, -0.25) is 0 Å². The Bertz CT molecular complexity index is 878. The van der Waals surface area contributed by atoms with Crippen molar-refractivity contribution in [1.82, 2.24) is 9.97 Å². The Balaban J connectivity index is 1.61. The van der Waals surface area contributed by atoms with Crippen LogP contribution in [0.3, 0.4) is 0 Å². The molecule has 1 N–H and O–H groups in total. The van der Waals surface area contributed by atoms with E-state index in [1.807, 2.05) is 30.3 Å². The first-order valence-corrected chi connectivity index (χ1v) is 8.30. The second-order valence-electron chi connectivity index (χ2n) is 6.14. The molecular formula is C20H19FN2O. The molecule has 0 spiro atoms. The average Bonchev–Trinajstić information content (AvgIpc) is 3.03. The average molecular weight is 322 g/mol. The number of imidazole rings is 1. The van der Waals surface area contributed by atoms with Gasteiger partial charge in [-0.2, -0.15) is 0 Å². The topological polar surface area (TPSA) is 37.9 Å². The summed E-state index contributed by atoms with van der Waals surface area (Å²) in [5.41, 5.74) is 3.27. The standard InChI is InChI=1S/C20H19FN2O/c21-17-4-2-1-3-16(17)15-6-7-18-19(13-15)23-20(22-18)8-5-14-9-11-24-12-10-14/h1-8,13-14H,9-12H2,(H,22,23)/b8-5+. The second kappa shape index (κ2) is 6.57. The highest BCUT2D eigenvalue weighted by Gasteiger charge is 2.11. The Morgan fingerprint density at radius 2 is 1.96 bits per heavy atom. The van der Waals surface area contributed by atoms with Gasteiger partial charge in [-0.05, 0) is 48.6 Å². The first-order valence-electron chi connectivity index (χ1n) is 8.30. The third-order valence-corrected chi connectivity index (χ3v) is 4.48. The molecule has 2 heterocycles. The monoisotopic (exact) mass is 322 g/mol. The van der Waals surface area contributed by atoms with Crippen LogP contribution in [0.4, 0.5) is 4.39 Å². The lowest BCUT2D eigenvalue weighted by molar-refractivity contribution is 0.0787. The second-order valence-corrected chi connectivity index (χ2v) is 6.14. The molecule has 0 aliphatic carbocycles. The van der Waals surface area contributed by atoms with E-state index in [-0.39, 0.29) is 5.82 Å². The number of ether oxygens (including phenoxy) is 1. The quantitative estimate of drug-likeness (QED) is 0.751. The van der Waals surface area contributed by atoms with E-state index in [1.165, 1.54) is 6.07 Å². The van der Waals surface area contributed by atoms with Crippen molar-refractivity contribution in [2.75, 3.05) is 13.2 Å². The number of nitrogens with zero attached hydrogens (tertiary/aromatic N) is 1. The number of allylic oxidation sites excluding steroid dienone is 1. The van der Waals surface area contributed by atoms with E-state index in [0.717, 1.165) is 48.5 Å². The van der Waals surface area contributed by atoms with Gasteiger partial charge in [0.2, 0.25) is 0 Å². The summed E-state index contributed by atoms with van der Waals surface area (Å²) in [6.07, 6.45) is 6.37. The van der Waals surface area contributed by atoms with Crippen molar-refractivity contribution in [3.8, 4) is 11.1 Å². The fraction of sp³-hybridized carbons (Fsp3) is 0.250. The molecule has 1 saturated heterocycles. The number of hydrogen-bond acceptors (Lipinski definition) is 2. The fourth-order valence-electron chi connectivity index (χ4n) is 3.11. The lowest BCUT2D eigenvalue weighted by atomic mass is 10.00. The van der Waals surface area contributed by atoms with Crippen molar-refractivity contribution < 1.29 is 9.13 Å². The smallest absolute Gasteiger partial charge is 0.131 e. The van der Waals surface area contributed by atoms with Crippen molar-refractivity contribution in [2.24, 2.45) is 5.92 Å². The third kappa shape index (κ3) is 3.10. The number of H-pyrrole nitrogens is 1. The highest BCUT2D eigenvalue weighted by Crippen LogP contribution is 2.26. The van der Waals surface area contributed by atoms with E-state index in [0.29, 0.717) is 11.5 Å².